The van der Waals surface area contributed by atoms with Crippen molar-refractivity contribution >= 4 is 23.6 Å². The molecule has 2 aromatic heterocycles. The molecule has 1 N–H and O–H groups in total. The number of nitrogens with zero attached hydrogens (tertiary/aromatic N) is 4. The highest BCUT2D eigenvalue weighted by atomic mass is 16.5. The quantitative estimate of drug-likeness (QED) is 0.232. The Morgan fingerprint density at radius 2 is 1.68 bits per heavy atom. The molecule has 0 saturated heterocycles. The average molecular weight is 500 g/mol. The van der Waals surface area contributed by atoms with E-state index in [1.807, 2.05) is 81.7 Å². The molecule has 37 heavy (non-hydrogen) atoms. The van der Waals surface area contributed by atoms with Gasteiger partial charge in [-0.2, -0.15) is 4.98 Å². The SMILES string of the molecule is CCCCOC(=O)c1c(NC(=O)c2ccc(Oc3ccccc3)nc2)nc(N(C)C)n1-c1ccccc1. The fourth-order valence-electron chi connectivity index (χ4n) is 3.55. The van der Waals surface area contributed by atoms with Crippen LogP contribution in [0.4, 0.5) is 11.8 Å². The highest BCUT2D eigenvalue weighted by Gasteiger charge is 2.28. The van der Waals surface area contributed by atoms with Crippen LogP contribution in [0, 0.1) is 0 Å². The van der Waals surface area contributed by atoms with E-state index in [-0.39, 0.29) is 23.7 Å². The third-order valence-electron chi connectivity index (χ3n) is 5.39. The zero-order chi connectivity index (χ0) is 26.2. The van der Waals surface area contributed by atoms with E-state index in [0.29, 0.717) is 23.3 Å². The maximum Gasteiger partial charge on any atom is 0.359 e. The molecule has 0 aliphatic heterocycles. The van der Waals surface area contributed by atoms with Crippen LogP contribution in [-0.4, -0.2) is 47.1 Å². The van der Waals surface area contributed by atoms with Crippen LogP contribution >= 0.6 is 0 Å². The number of unbranched alkanes of at least 4 members (excludes halogenated alkanes) is 1. The zero-order valence-corrected chi connectivity index (χ0v) is 21.0. The summed E-state index contributed by atoms with van der Waals surface area (Å²) in [5.41, 5.74) is 1.13. The summed E-state index contributed by atoms with van der Waals surface area (Å²) in [6.07, 6.45) is 3.03. The molecule has 0 unspecified atom stereocenters. The van der Waals surface area contributed by atoms with Crippen LogP contribution in [0.3, 0.4) is 0 Å². The highest BCUT2D eigenvalue weighted by molar-refractivity contribution is 6.07. The smallest absolute Gasteiger partial charge is 0.359 e. The van der Waals surface area contributed by atoms with Gasteiger partial charge in [0.05, 0.1) is 12.2 Å². The Morgan fingerprint density at radius 3 is 2.30 bits per heavy atom. The molecule has 2 aromatic carbocycles. The normalized spacial score (nSPS) is 10.6. The summed E-state index contributed by atoms with van der Waals surface area (Å²) >= 11 is 0. The van der Waals surface area contributed by atoms with Gasteiger partial charge in [0.1, 0.15) is 5.75 Å². The van der Waals surface area contributed by atoms with Crippen LogP contribution in [0.15, 0.2) is 79.0 Å². The zero-order valence-electron chi connectivity index (χ0n) is 21.0. The van der Waals surface area contributed by atoms with E-state index >= 15 is 0 Å². The van der Waals surface area contributed by atoms with Gasteiger partial charge in [-0.1, -0.05) is 49.7 Å². The van der Waals surface area contributed by atoms with Crippen molar-refractivity contribution in [1.82, 2.24) is 14.5 Å². The second-order valence-electron chi connectivity index (χ2n) is 8.42. The van der Waals surface area contributed by atoms with Crippen LogP contribution in [0.5, 0.6) is 11.6 Å². The molecule has 0 saturated carbocycles. The van der Waals surface area contributed by atoms with Crippen molar-refractivity contribution < 1.29 is 19.1 Å². The number of amides is 1. The number of hydrogen-bond acceptors (Lipinski definition) is 7. The van der Waals surface area contributed by atoms with Gasteiger partial charge in [-0.15, -0.1) is 0 Å². The number of hydrogen-bond donors (Lipinski definition) is 1. The van der Waals surface area contributed by atoms with Crippen molar-refractivity contribution in [1.29, 1.82) is 0 Å². The van der Waals surface area contributed by atoms with E-state index in [1.54, 1.807) is 21.6 Å². The molecule has 4 aromatic rings. The molecule has 9 heteroatoms. The van der Waals surface area contributed by atoms with E-state index in [2.05, 4.69) is 15.3 Å². The molecule has 0 atom stereocenters. The minimum Gasteiger partial charge on any atom is -0.461 e. The second kappa shape index (κ2) is 11.9. The van der Waals surface area contributed by atoms with Gasteiger partial charge in [-0.3, -0.25) is 9.36 Å². The fourth-order valence-corrected chi connectivity index (χ4v) is 3.55. The molecule has 0 fully saturated rings. The van der Waals surface area contributed by atoms with Crippen LogP contribution in [0.2, 0.25) is 0 Å². The second-order valence-corrected chi connectivity index (χ2v) is 8.42. The number of ether oxygens (including phenoxy) is 2. The molecule has 2 heterocycles. The van der Waals surface area contributed by atoms with Gasteiger partial charge in [-0.05, 0) is 36.8 Å². The van der Waals surface area contributed by atoms with Crippen LogP contribution in [-0.2, 0) is 4.74 Å². The molecule has 0 aliphatic rings. The van der Waals surface area contributed by atoms with Crippen molar-refractivity contribution in [2.75, 3.05) is 30.9 Å². The molecule has 1 amide bonds. The van der Waals surface area contributed by atoms with Crippen LogP contribution in [0.1, 0.15) is 40.6 Å². The number of benzene rings is 2. The number of carbonyl (C=O) groups excluding carboxylic acids is 2. The lowest BCUT2D eigenvalue weighted by molar-refractivity contribution is 0.0492. The number of para-hydroxylation sites is 2. The predicted octanol–water partition coefficient (Wildman–Crippen LogP) is 5.33. The first-order chi connectivity index (χ1) is 18.0. The predicted molar refractivity (Wildman–Crippen MR) is 142 cm³/mol. The van der Waals surface area contributed by atoms with Crippen LogP contribution < -0.4 is 15.0 Å². The number of carbonyl (C=O) groups is 2. The molecular formula is C28H29N5O4. The molecule has 0 radical (unpaired) electrons. The minimum atomic E-state index is -0.571. The minimum absolute atomic E-state index is 0.101. The Hall–Kier alpha value is -4.66. The van der Waals surface area contributed by atoms with Crippen molar-refractivity contribution in [2.24, 2.45) is 0 Å². The van der Waals surface area contributed by atoms with Gasteiger partial charge < -0.3 is 19.7 Å². The maximum absolute atomic E-state index is 13.2. The monoisotopic (exact) mass is 499 g/mol. The Balaban J connectivity index is 1.64. The topological polar surface area (TPSA) is 98.6 Å². The Labute approximate surface area is 215 Å². The van der Waals surface area contributed by atoms with Gasteiger partial charge in [0.2, 0.25) is 11.8 Å². The Kier molecular flexibility index (Phi) is 8.15. The Morgan fingerprint density at radius 1 is 0.973 bits per heavy atom. The van der Waals surface area contributed by atoms with Gasteiger partial charge in [0.15, 0.2) is 11.5 Å². The van der Waals surface area contributed by atoms with Crippen molar-refractivity contribution in [3.63, 3.8) is 0 Å². The van der Waals surface area contributed by atoms with Gasteiger partial charge in [-0.25, -0.2) is 9.78 Å². The van der Waals surface area contributed by atoms with E-state index in [9.17, 15) is 9.59 Å². The van der Waals surface area contributed by atoms with Gasteiger partial charge in [0, 0.05) is 32.0 Å². The number of pyridine rings is 1. The largest absolute Gasteiger partial charge is 0.461 e. The first-order valence-corrected chi connectivity index (χ1v) is 12.0. The lowest BCUT2D eigenvalue weighted by Gasteiger charge is -2.16. The average Bonchev–Trinajstić information content (AvgIpc) is 3.30. The number of aromatic nitrogens is 3. The number of nitrogens with one attached hydrogen (secondary N) is 1. The maximum atomic E-state index is 13.2. The van der Waals surface area contributed by atoms with E-state index < -0.39 is 11.9 Å². The van der Waals surface area contributed by atoms with Crippen molar-refractivity contribution in [3.8, 4) is 17.3 Å². The summed E-state index contributed by atoms with van der Waals surface area (Å²) in [6, 6.07) is 21.8. The lowest BCUT2D eigenvalue weighted by Crippen LogP contribution is -2.19. The molecule has 0 aliphatic carbocycles. The molecule has 0 spiro atoms. The van der Waals surface area contributed by atoms with E-state index in [4.69, 9.17) is 9.47 Å². The first-order valence-electron chi connectivity index (χ1n) is 12.0. The molecule has 4 rings (SSSR count). The standard InChI is InChI=1S/C28H29N5O4/c1-4-5-18-36-27(35)24-25(31-28(32(2)3)33(24)21-12-8-6-9-13-21)30-26(34)20-16-17-23(29-19-20)37-22-14-10-7-11-15-22/h6-17,19H,4-5,18H2,1-3H3,(H,30,34). The number of rotatable bonds is 10. The third-order valence-corrected chi connectivity index (χ3v) is 5.39. The van der Waals surface area contributed by atoms with Crippen LogP contribution in [0.25, 0.3) is 5.69 Å². The third kappa shape index (κ3) is 6.13. The van der Waals surface area contributed by atoms with E-state index in [1.165, 1.54) is 6.20 Å². The molecule has 0 bridgehead atoms. The van der Waals surface area contributed by atoms with Gasteiger partial charge >= 0.3 is 5.97 Å². The highest BCUT2D eigenvalue weighted by Crippen LogP contribution is 2.29. The summed E-state index contributed by atoms with van der Waals surface area (Å²) in [6.45, 7) is 2.29. The molecule has 190 valence electrons. The lowest BCUT2D eigenvalue weighted by atomic mass is 10.2. The number of imidazole rings is 1. The van der Waals surface area contributed by atoms with Crippen molar-refractivity contribution in [3.05, 3.63) is 90.3 Å². The number of esters is 1. The number of anilines is 2. The summed E-state index contributed by atoms with van der Waals surface area (Å²) in [5, 5.41) is 2.77. The summed E-state index contributed by atoms with van der Waals surface area (Å²) in [5.74, 6) is 0.520. The molecular weight excluding hydrogens is 470 g/mol. The summed E-state index contributed by atoms with van der Waals surface area (Å²) < 4.78 is 12.9. The summed E-state index contributed by atoms with van der Waals surface area (Å²) in [4.78, 5) is 36.9. The van der Waals surface area contributed by atoms with Gasteiger partial charge in [0.25, 0.3) is 5.91 Å². The Bertz CT molecular complexity index is 1340. The fraction of sp³-hybridized carbons (Fsp3) is 0.214. The van der Waals surface area contributed by atoms with Crippen molar-refractivity contribution in [2.45, 2.75) is 19.8 Å². The summed E-state index contributed by atoms with van der Waals surface area (Å²) in [7, 11) is 3.63. The first kappa shape index (κ1) is 25.4. The van der Waals surface area contributed by atoms with E-state index in [0.717, 1.165) is 12.8 Å². The molecule has 9 nitrogen and oxygen atoms in total.